The number of halogens is 1. The molecule has 0 unspecified atom stereocenters. The highest BCUT2D eigenvalue weighted by molar-refractivity contribution is 7.22. The molecule has 2 heterocycles. The van der Waals surface area contributed by atoms with Crippen LogP contribution in [0.5, 0.6) is 0 Å². The Morgan fingerprint density at radius 2 is 2.00 bits per heavy atom. The van der Waals surface area contributed by atoms with Gasteiger partial charge in [-0.15, -0.1) is 0 Å². The Morgan fingerprint density at radius 3 is 2.90 bits per heavy atom. The third-order valence-electron chi connectivity index (χ3n) is 3.11. The molecule has 0 bridgehead atoms. The van der Waals surface area contributed by atoms with Crippen LogP contribution in [0.15, 0.2) is 40.8 Å². The molecule has 0 aliphatic carbocycles. The van der Waals surface area contributed by atoms with Gasteiger partial charge in [0.2, 0.25) is 0 Å². The average molecular weight is 299 g/mol. The summed E-state index contributed by atoms with van der Waals surface area (Å²) in [5, 5.41) is 3.65. The van der Waals surface area contributed by atoms with Gasteiger partial charge in [0, 0.05) is 0 Å². The van der Waals surface area contributed by atoms with E-state index < -0.39 is 0 Å². The molecule has 0 amide bonds. The Hall–Kier alpha value is -2.47. The second-order valence-electron chi connectivity index (χ2n) is 4.75. The van der Waals surface area contributed by atoms with Crippen molar-refractivity contribution in [1.29, 1.82) is 0 Å². The number of thiazole rings is 1. The highest BCUT2D eigenvalue weighted by atomic mass is 32.1. The standard InChI is InChI=1S/C15H10FN3OS/c1-8-2-5-12-11(6-8)17-14(20-12)19-15-18-10-4-3-9(16)7-13(10)21-15/h2-7H,1H3,(H,17,18,19). The summed E-state index contributed by atoms with van der Waals surface area (Å²) >= 11 is 1.36. The molecular formula is C15H10FN3OS. The van der Waals surface area contributed by atoms with Crippen molar-refractivity contribution in [2.24, 2.45) is 0 Å². The zero-order valence-corrected chi connectivity index (χ0v) is 11.9. The number of benzene rings is 2. The molecule has 0 saturated carbocycles. The van der Waals surface area contributed by atoms with Crippen molar-refractivity contribution in [3.05, 3.63) is 47.8 Å². The van der Waals surface area contributed by atoms with E-state index in [1.807, 2.05) is 25.1 Å². The number of nitrogens with one attached hydrogen (secondary N) is 1. The predicted molar refractivity (Wildman–Crippen MR) is 81.6 cm³/mol. The van der Waals surface area contributed by atoms with Crippen LogP contribution in [0.2, 0.25) is 0 Å². The molecule has 0 aliphatic heterocycles. The molecule has 0 aliphatic rings. The maximum Gasteiger partial charge on any atom is 0.302 e. The fourth-order valence-electron chi connectivity index (χ4n) is 2.13. The Balaban J connectivity index is 1.71. The summed E-state index contributed by atoms with van der Waals surface area (Å²) < 4.78 is 19.6. The van der Waals surface area contributed by atoms with Crippen LogP contribution in [0, 0.1) is 12.7 Å². The number of hydrogen-bond acceptors (Lipinski definition) is 5. The maximum absolute atomic E-state index is 13.2. The quantitative estimate of drug-likeness (QED) is 0.586. The van der Waals surface area contributed by atoms with E-state index in [1.165, 1.54) is 23.5 Å². The lowest BCUT2D eigenvalue weighted by atomic mass is 10.2. The summed E-state index contributed by atoms with van der Waals surface area (Å²) in [6, 6.07) is 10.7. The zero-order chi connectivity index (χ0) is 14.4. The van der Waals surface area contributed by atoms with E-state index in [9.17, 15) is 4.39 Å². The molecule has 2 aromatic heterocycles. The van der Waals surface area contributed by atoms with E-state index in [0.29, 0.717) is 11.1 Å². The van der Waals surface area contributed by atoms with E-state index in [2.05, 4.69) is 15.3 Å². The van der Waals surface area contributed by atoms with Gasteiger partial charge >= 0.3 is 6.01 Å². The summed E-state index contributed by atoms with van der Waals surface area (Å²) in [5.74, 6) is -0.268. The molecule has 0 spiro atoms. The minimum absolute atomic E-state index is 0.268. The normalized spacial score (nSPS) is 11.3. The van der Waals surface area contributed by atoms with E-state index in [1.54, 1.807) is 6.07 Å². The number of aromatic nitrogens is 2. The fourth-order valence-corrected chi connectivity index (χ4v) is 3.01. The van der Waals surface area contributed by atoms with Gasteiger partial charge in [-0.3, -0.25) is 5.32 Å². The van der Waals surface area contributed by atoms with Gasteiger partial charge in [-0.05, 0) is 42.8 Å². The molecule has 0 radical (unpaired) electrons. The van der Waals surface area contributed by atoms with Gasteiger partial charge in [0.1, 0.15) is 11.3 Å². The molecule has 21 heavy (non-hydrogen) atoms. The third-order valence-corrected chi connectivity index (χ3v) is 4.04. The lowest BCUT2D eigenvalue weighted by Crippen LogP contribution is -1.88. The summed E-state index contributed by atoms with van der Waals surface area (Å²) in [5.41, 5.74) is 3.38. The Kier molecular flexibility index (Phi) is 2.65. The Bertz CT molecular complexity index is 882. The lowest BCUT2D eigenvalue weighted by Gasteiger charge is -1.92. The van der Waals surface area contributed by atoms with Crippen molar-refractivity contribution < 1.29 is 8.81 Å². The zero-order valence-electron chi connectivity index (χ0n) is 11.1. The number of nitrogens with zero attached hydrogens (tertiary/aromatic N) is 2. The van der Waals surface area contributed by atoms with Crippen molar-refractivity contribution in [3.8, 4) is 0 Å². The second kappa shape index (κ2) is 4.53. The van der Waals surface area contributed by atoms with Crippen LogP contribution in [-0.2, 0) is 0 Å². The molecule has 6 heteroatoms. The molecule has 4 aromatic rings. The molecule has 0 atom stereocenters. The smallest absolute Gasteiger partial charge is 0.302 e. The summed E-state index contributed by atoms with van der Waals surface area (Å²) in [6.07, 6.45) is 0. The minimum atomic E-state index is -0.268. The Labute approximate surface area is 123 Å². The fraction of sp³-hybridized carbons (Fsp3) is 0.0667. The maximum atomic E-state index is 13.2. The molecule has 104 valence electrons. The summed E-state index contributed by atoms with van der Waals surface area (Å²) in [4.78, 5) is 8.75. The van der Waals surface area contributed by atoms with Gasteiger partial charge in [-0.1, -0.05) is 17.4 Å². The molecule has 4 nitrogen and oxygen atoms in total. The molecule has 0 fully saturated rings. The number of anilines is 2. The van der Waals surface area contributed by atoms with Crippen molar-refractivity contribution >= 4 is 43.8 Å². The van der Waals surface area contributed by atoms with Crippen molar-refractivity contribution in [1.82, 2.24) is 9.97 Å². The molecule has 1 N–H and O–H groups in total. The summed E-state index contributed by atoms with van der Waals surface area (Å²) in [6.45, 7) is 2.00. The van der Waals surface area contributed by atoms with E-state index in [0.717, 1.165) is 26.9 Å². The molecule has 0 saturated heterocycles. The average Bonchev–Trinajstić information content (AvgIpc) is 3.00. The van der Waals surface area contributed by atoms with Crippen molar-refractivity contribution in [2.45, 2.75) is 6.92 Å². The first-order valence-electron chi connectivity index (χ1n) is 6.38. The van der Waals surface area contributed by atoms with Gasteiger partial charge < -0.3 is 4.42 Å². The first-order valence-corrected chi connectivity index (χ1v) is 7.19. The van der Waals surface area contributed by atoms with Crippen LogP contribution in [0.4, 0.5) is 15.5 Å². The van der Waals surface area contributed by atoms with E-state index in [-0.39, 0.29) is 5.82 Å². The first-order chi connectivity index (χ1) is 10.2. The second-order valence-corrected chi connectivity index (χ2v) is 5.78. The van der Waals surface area contributed by atoms with E-state index in [4.69, 9.17) is 4.42 Å². The monoisotopic (exact) mass is 299 g/mol. The number of oxazole rings is 1. The minimum Gasteiger partial charge on any atom is -0.423 e. The van der Waals surface area contributed by atoms with Crippen molar-refractivity contribution in [2.75, 3.05) is 5.32 Å². The van der Waals surface area contributed by atoms with Gasteiger partial charge in [0.15, 0.2) is 10.7 Å². The van der Waals surface area contributed by atoms with Gasteiger partial charge in [-0.25, -0.2) is 9.37 Å². The van der Waals surface area contributed by atoms with Gasteiger partial charge in [0.25, 0.3) is 0 Å². The topological polar surface area (TPSA) is 51.0 Å². The highest BCUT2D eigenvalue weighted by Gasteiger charge is 2.09. The number of aryl methyl sites for hydroxylation is 1. The van der Waals surface area contributed by atoms with Crippen LogP contribution in [0.1, 0.15) is 5.56 Å². The third kappa shape index (κ3) is 2.23. The van der Waals surface area contributed by atoms with Crippen LogP contribution >= 0.6 is 11.3 Å². The molecule has 4 rings (SSSR count). The predicted octanol–water partition coefficient (Wildman–Crippen LogP) is 4.63. The highest BCUT2D eigenvalue weighted by Crippen LogP contribution is 2.29. The number of hydrogen-bond donors (Lipinski definition) is 1. The van der Waals surface area contributed by atoms with E-state index >= 15 is 0 Å². The Morgan fingerprint density at radius 1 is 1.10 bits per heavy atom. The molecule has 2 aromatic carbocycles. The largest absolute Gasteiger partial charge is 0.423 e. The molecular weight excluding hydrogens is 289 g/mol. The van der Waals surface area contributed by atoms with Crippen LogP contribution in [-0.4, -0.2) is 9.97 Å². The first kappa shape index (κ1) is 12.3. The SMILES string of the molecule is Cc1ccc2oc(Nc3nc4ccc(F)cc4s3)nc2c1. The summed E-state index contributed by atoms with van der Waals surface area (Å²) in [7, 11) is 0. The van der Waals surface area contributed by atoms with Gasteiger partial charge in [-0.2, -0.15) is 4.98 Å². The van der Waals surface area contributed by atoms with Crippen LogP contribution in [0.3, 0.4) is 0 Å². The number of rotatable bonds is 2. The lowest BCUT2D eigenvalue weighted by molar-refractivity contribution is 0.623. The van der Waals surface area contributed by atoms with Crippen LogP contribution in [0.25, 0.3) is 21.3 Å². The van der Waals surface area contributed by atoms with Crippen LogP contribution < -0.4 is 5.32 Å². The number of fused-ring (bicyclic) bond motifs is 2. The van der Waals surface area contributed by atoms with Gasteiger partial charge in [0.05, 0.1) is 10.2 Å². The van der Waals surface area contributed by atoms with Crippen molar-refractivity contribution in [3.63, 3.8) is 0 Å².